The minimum absolute atomic E-state index is 0.0198. The second-order valence-corrected chi connectivity index (χ2v) is 7.20. The van der Waals surface area contributed by atoms with E-state index in [0.29, 0.717) is 36.8 Å². The predicted molar refractivity (Wildman–Crippen MR) is 125 cm³/mol. The summed E-state index contributed by atoms with van der Waals surface area (Å²) in [5.74, 6) is -0.479. The van der Waals surface area contributed by atoms with E-state index in [1.54, 1.807) is 0 Å². The summed E-state index contributed by atoms with van der Waals surface area (Å²) in [6.45, 7) is 0. The Morgan fingerprint density at radius 3 is 1.35 bits per heavy atom. The molecule has 2 rings (SSSR count). The number of carbonyl (C=O) groups excluding carboxylic acids is 2. The summed E-state index contributed by atoms with van der Waals surface area (Å²) >= 11 is 0. The number of hydrazone groups is 2. The highest BCUT2D eigenvalue weighted by molar-refractivity contribution is 5.83. The first kappa shape index (κ1) is 25.8. The zero-order chi connectivity index (χ0) is 24.8. The Labute approximate surface area is 195 Å². The number of nitrogens with one attached hydrogen (secondary N) is 2. The molecule has 2 aromatic rings. The molecule has 0 fully saturated rings. The van der Waals surface area contributed by atoms with Crippen LogP contribution in [0.1, 0.15) is 49.7 Å². The lowest BCUT2D eigenvalue weighted by Gasteiger charge is -2.02. The molecular formula is C22H24N6O6. The first-order valence-corrected chi connectivity index (χ1v) is 10.5. The van der Waals surface area contributed by atoms with Gasteiger partial charge < -0.3 is 0 Å². The summed E-state index contributed by atoms with van der Waals surface area (Å²) in [5, 5.41) is 28.9. The molecule has 2 amide bonds. The molecule has 0 aliphatic rings. The van der Waals surface area contributed by atoms with E-state index in [2.05, 4.69) is 21.1 Å². The second-order valence-electron chi connectivity index (χ2n) is 7.20. The normalized spacial score (nSPS) is 10.9. The van der Waals surface area contributed by atoms with Crippen LogP contribution in [0.15, 0.2) is 58.7 Å². The van der Waals surface area contributed by atoms with Gasteiger partial charge >= 0.3 is 0 Å². The Morgan fingerprint density at radius 2 is 1.03 bits per heavy atom. The summed E-state index contributed by atoms with van der Waals surface area (Å²) < 4.78 is 0. The number of unbranched alkanes of at least 4 members (excludes halogenated alkanes) is 3. The van der Waals surface area contributed by atoms with Crippen molar-refractivity contribution < 1.29 is 19.4 Å². The van der Waals surface area contributed by atoms with Crippen LogP contribution >= 0.6 is 0 Å². The molecule has 0 radical (unpaired) electrons. The first-order valence-electron chi connectivity index (χ1n) is 10.5. The molecule has 0 unspecified atom stereocenters. The van der Waals surface area contributed by atoms with E-state index in [1.165, 1.54) is 61.0 Å². The SMILES string of the molecule is O=C(CCCCCCC(=O)NN=Cc1ccc([N+](=O)[O-])cc1)NN=Cc1ccc([N+](=O)[O-])cc1. The molecule has 0 aliphatic carbocycles. The van der Waals surface area contributed by atoms with Crippen LogP contribution in [0, 0.1) is 20.2 Å². The number of benzene rings is 2. The van der Waals surface area contributed by atoms with E-state index in [4.69, 9.17) is 0 Å². The van der Waals surface area contributed by atoms with Crippen molar-refractivity contribution in [2.24, 2.45) is 10.2 Å². The van der Waals surface area contributed by atoms with Gasteiger partial charge in [0.2, 0.25) is 11.8 Å². The monoisotopic (exact) mass is 468 g/mol. The molecule has 178 valence electrons. The number of hydrogen-bond donors (Lipinski definition) is 2. The lowest BCUT2D eigenvalue weighted by atomic mass is 10.1. The third-order valence-electron chi connectivity index (χ3n) is 4.57. The van der Waals surface area contributed by atoms with E-state index in [0.717, 1.165) is 12.8 Å². The topological polar surface area (TPSA) is 169 Å². The maximum Gasteiger partial charge on any atom is 0.269 e. The van der Waals surface area contributed by atoms with Crippen LogP contribution in [0.2, 0.25) is 0 Å². The van der Waals surface area contributed by atoms with Gasteiger partial charge in [-0.1, -0.05) is 12.8 Å². The Kier molecular flexibility index (Phi) is 10.5. The van der Waals surface area contributed by atoms with Crippen molar-refractivity contribution in [2.75, 3.05) is 0 Å². The molecule has 0 aromatic heterocycles. The number of hydrogen-bond acceptors (Lipinski definition) is 8. The van der Waals surface area contributed by atoms with Gasteiger partial charge in [-0.3, -0.25) is 29.8 Å². The summed E-state index contributed by atoms with van der Waals surface area (Å²) in [5.41, 5.74) is 6.03. The molecule has 0 heterocycles. The minimum Gasteiger partial charge on any atom is -0.273 e. The van der Waals surface area contributed by atoms with Crippen molar-refractivity contribution in [3.8, 4) is 0 Å². The number of non-ortho nitro benzene ring substituents is 2. The van der Waals surface area contributed by atoms with Crippen LogP contribution in [0.25, 0.3) is 0 Å². The third-order valence-corrected chi connectivity index (χ3v) is 4.57. The maximum absolute atomic E-state index is 11.8. The molecule has 0 saturated heterocycles. The van der Waals surface area contributed by atoms with Gasteiger partial charge in [-0.25, -0.2) is 10.9 Å². The zero-order valence-corrected chi connectivity index (χ0v) is 18.3. The Hall–Kier alpha value is -4.48. The largest absolute Gasteiger partial charge is 0.273 e. The number of rotatable bonds is 13. The summed E-state index contributed by atoms with van der Waals surface area (Å²) in [4.78, 5) is 43.8. The summed E-state index contributed by atoms with van der Waals surface area (Å²) in [7, 11) is 0. The first-order chi connectivity index (χ1) is 16.3. The lowest BCUT2D eigenvalue weighted by Crippen LogP contribution is -2.17. The smallest absolute Gasteiger partial charge is 0.269 e. The number of nitrogens with zero attached hydrogens (tertiary/aromatic N) is 4. The van der Waals surface area contributed by atoms with Gasteiger partial charge in [-0.2, -0.15) is 10.2 Å². The third kappa shape index (κ3) is 9.77. The highest BCUT2D eigenvalue weighted by atomic mass is 16.6. The fourth-order valence-corrected chi connectivity index (χ4v) is 2.76. The summed E-state index contributed by atoms with van der Waals surface area (Å²) in [6, 6.07) is 11.6. The van der Waals surface area contributed by atoms with Gasteiger partial charge in [0, 0.05) is 37.1 Å². The predicted octanol–water partition coefficient (Wildman–Crippen LogP) is 3.44. The molecule has 0 saturated carbocycles. The van der Waals surface area contributed by atoms with Crippen molar-refractivity contribution in [1.82, 2.24) is 10.9 Å². The Bertz CT molecular complexity index is 965. The van der Waals surface area contributed by atoms with E-state index >= 15 is 0 Å². The minimum atomic E-state index is -0.492. The number of nitro groups is 2. The highest BCUT2D eigenvalue weighted by Gasteiger charge is 2.05. The fraction of sp³-hybridized carbons (Fsp3) is 0.273. The van der Waals surface area contributed by atoms with Gasteiger partial charge in [-0.05, 0) is 48.2 Å². The van der Waals surface area contributed by atoms with E-state index < -0.39 is 9.85 Å². The molecular weight excluding hydrogens is 444 g/mol. The molecule has 12 nitrogen and oxygen atoms in total. The van der Waals surface area contributed by atoms with Crippen molar-refractivity contribution in [2.45, 2.75) is 38.5 Å². The van der Waals surface area contributed by atoms with E-state index in [1.807, 2.05) is 0 Å². The van der Waals surface area contributed by atoms with Crippen molar-refractivity contribution >= 4 is 35.6 Å². The van der Waals surface area contributed by atoms with Gasteiger partial charge in [0.25, 0.3) is 11.4 Å². The molecule has 2 aromatic carbocycles. The average molecular weight is 468 g/mol. The van der Waals surface area contributed by atoms with Gasteiger partial charge in [0.1, 0.15) is 0 Å². The van der Waals surface area contributed by atoms with Gasteiger partial charge in [0.15, 0.2) is 0 Å². The number of amides is 2. The van der Waals surface area contributed by atoms with Gasteiger partial charge in [0.05, 0.1) is 22.3 Å². The zero-order valence-electron chi connectivity index (χ0n) is 18.3. The van der Waals surface area contributed by atoms with Crippen molar-refractivity contribution in [3.05, 3.63) is 79.9 Å². The second kappa shape index (κ2) is 13.8. The quantitative estimate of drug-likeness (QED) is 0.197. The molecule has 34 heavy (non-hydrogen) atoms. The van der Waals surface area contributed by atoms with Crippen molar-refractivity contribution in [3.63, 3.8) is 0 Å². The molecule has 2 N–H and O–H groups in total. The van der Waals surface area contributed by atoms with Crippen LogP contribution in [0.5, 0.6) is 0 Å². The number of nitro benzene ring substituents is 2. The average Bonchev–Trinajstić information content (AvgIpc) is 2.82. The van der Waals surface area contributed by atoms with Crippen LogP contribution in [-0.2, 0) is 9.59 Å². The Balaban J connectivity index is 1.53. The number of carbonyl (C=O) groups is 2. The highest BCUT2D eigenvalue weighted by Crippen LogP contribution is 2.11. The molecule has 0 atom stereocenters. The van der Waals surface area contributed by atoms with Crippen LogP contribution in [0.3, 0.4) is 0 Å². The summed E-state index contributed by atoms with van der Waals surface area (Å²) in [6.07, 6.45) is 6.26. The van der Waals surface area contributed by atoms with Crippen LogP contribution < -0.4 is 10.9 Å². The van der Waals surface area contributed by atoms with Crippen molar-refractivity contribution in [1.29, 1.82) is 0 Å². The van der Waals surface area contributed by atoms with Crippen LogP contribution in [-0.4, -0.2) is 34.1 Å². The molecule has 0 spiro atoms. The fourth-order valence-electron chi connectivity index (χ4n) is 2.76. The van der Waals surface area contributed by atoms with Gasteiger partial charge in [-0.15, -0.1) is 0 Å². The van der Waals surface area contributed by atoms with E-state index in [9.17, 15) is 29.8 Å². The van der Waals surface area contributed by atoms with Crippen LogP contribution in [0.4, 0.5) is 11.4 Å². The molecule has 0 bridgehead atoms. The Morgan fingerprint density at radius 1 is 0.676 bits per heavy atom. The maximum atomic E-state index is 11.8. The standard InChI is InChI=1S/C22H24N6O6/c29-21(25-23-15-17-7-11-19(12-8-17)27(31)32)5-3-1-2-4-6-22(30)26-24-16-18-9-13-20(14-10-18)28(33)34/h7-16H,1-6H2,(H,25,29)(H,26,30). The molecule has 0 aliphatic heterocycles. The van der Waals surface area contributed by atoms with E-state index in [-0.39, 0.29) is 23.2 Å². The molecule has 12 heteroatoms. The lowest BCUT2D eigenvalue weighted by molar-refractivity contribution is -0.385.